The zero-order chi connectivity index (χ0) is 37.8. The molecule has 16 heteroatoms. The van der Waals surface area contributed by atoms with Crippen LogP contribution in [0.25, 0.3) is 33.0 Å². The van der Waals surface area contributed by atoms with E-state index in [-0.39, 0.29) is 37.1 Å². The summed E-state index contributed by atoms with van der Waals surface area (Å²) in [5, 5.41) is 5.85. The number of carbonyl (C=O) groups excluding carboxylic acids is 4. The number of methoxy groups -OCH3 is 1. The number of allylic oxidation sites excluding steroid dienone is 1. The zero-order valence-electron chi connectivity index (χ0n) is 29.5. The molecular formula is C38H40FN5O9S. The highest BCUT2D eigenvalue weighted by atomic mass is 32.2. The van der Waals surface area contributed by atoms with Crippen LogP contribution in [0.1, 0.15) is 57.8 Å². The monoisotopic (exact) mass is 761 g/mol. The molecule has 3 N–H and O–H groups in total. The summed E-state index contributed by atoms with van der Waals surface area (Å²) in [4.78, 5) is 61.0. The second-order valence-electron chi connectivity index (χ2n) is 14.6. The lowest BCUT2D eigenvalue weighted by Gasteiger charge is -2.29. The Bertz CT molecular complexity index is 2330. The first-order valence-corrected chi connectivity index (χ1v) is 19.8. The van der Waals surface area contributed by atoms with Crippen LogP contribution in [0, 0.1) is 11.7 Å². The van der Waals surface area contributed by atoms with E-state index in [4.69, 9.17) is 18.9 Å². The summed E-state index contributed by atoms with van der Waals surface area (Å²) < 4.78 is 60.2. The van der Waals surface area contributed by atoms with Crippen molar-refractivity contribution in [2.24, 2.45) is 5.92 Å². The molecule has 4 aromatic rings. The molecule has 14 nitrogen and oxygen atoms in total. The highest BCUT2D eigenvalue weighted by Gasteiger charge is 2.62. The minimum atomic E-state index is -3.92. The van der Waals surface area contributed by atoms with Crippen LogP contribution in [0.5, 0.6) is 5.75 Å². The number of aromatic nitrogens is 1. The van der Waals surface area contributed by atoms with Gasteiger partial charge in [-0.2, -0.15) is 0 Å². The lowest BCUT2D eigenvalue weighted by atomic mass is 10.1. The number of hydrogen-bond donors (Lipinski definition) is 3. The van der Waals surface area contributed by atoms with Crippen LogP contribution < -0.4 is 20.1 Å². The smallest absolute Gasteiger partial charge is 0.407 e. The fourth-order valence-electron chi connectivity index (χ4n) is 7.66. The number of nitrogens with one attached hydrogen (secondary N) is 3. The van der Waals surface area contributed by atoms with Crippen LogP contribution in [0.3, 0.4) is 0 Å². The van der Waals surface area contributed by atoms with Gasteiger partial charge in [0.15, 0.2) is 11.3 Å². The van der Waals surface area contributed by atoms with Crippen molar-refractivity contribution in [1.82, 2.24) is 25.2 Å². The van der Waals surface area contributed by atoms with Crippen LogP contribution in [0.4, 0.5) is 9.18 Å². The number of benzene rings is 2. The number of hydrogen-bond acceptors (Lipinski definition) is 10. The number of rotatable bonds is 6. The van der Waals surface area contributed by atoms with Gasteiger partial charge < -0.3 is 29.4 Å². The van der Waals surface area contributed by atoms with E-state index in [1.54, 1.807) is 6.07 Å². The average molecular weight is 762 g/mol. The van der Waals surface area contributed by atoms with E-state index in [9.17, 15) is 32.0 Å². The molecule has 2 aliphatic heterocycles. The molecule has 3 fully saturated rings. The molecule has 2 saturated carbocycles. The van der Waals surface area contributed by atoms with Gasteiger partial charge in [0, 0.05) is 23.1 Å². The van der Waals surface area contributed by atoms with E-state index in [0.29, 0.717) is 53.1 Å². The van der Waals surface area contributed by atoms with Gasteiger partial charge in [0.25, 0.3) is 5.91 Å². The summed E-state index contributed by atoms with van der Waals surface area (Å²) in [5.74, 6) is -2.88. The van der Waals surface area contributed by atoms with Gasteiger partial charge >= 0.3 is 6.09 Å². The molecule has 2 aromatic carbocycles. The van der Waals surface area contributed by atoms with Crippen LogP contribution in [0.2, 0.25) is 0 Å². The molecule has 2 aromatic heterocycles. The van der Waals surface area contributed by atoms with Gasteiger partial charge in [-0.1, -0.05) is 37.1 Å². The Kier molecular flexibility index (Phi) is 9.18. The number of sulfonamides is 1. The first-order valence-electron chi connectivity index (χ1n) is 18.2. The molecule has 0 unspecified atom stereocenters. The third-order valence-corrected chi connectivity index (χ3v) is 12.6. The van der Waals surface area contributed by atoms with Crippen molar-refractivity contribution in [1.29, 1.82) is 0 Å². The van der Waals surface area contributed by atoms with Gasteiger partial charge in [-0.15, -0.1) is 0 Å². The predicted molar refractivity (Wildman–Crippen MR) is 194 cm³/mol. The summed E-state index contributed by atoms with van der Waals surface area (Å²) in [6.07, 6.45) is 6.15. The largest absolute Gasteiger partial charge is 0.484 e. The van der Waals surface area contributed by atoms with Crippen molar-refractivity contribution in [3.8, 4) is 5.75 Å². The van der Waals surface area contributed by atoms with Crippen LogP contribution >= 0.6 is 0 Å². The van der Waals surface area contributed by atoms with E-state index in [0.717, 1.165) is 12.8 Å². The second-order valence-corrected chi connectivity index (χ2v) is 16.5. The average Bonchev–Trinajstić information content (AvgIpc) is 4.05. The van der Waals surface area contributed by atoms with Gasteiger partial charge in [-0.05, 0) is 68.9 Å². The molecule has 1 saturated heterocycles. The zero-order valence-corrected chi connectivity index (χ0v) is 30.3. The van der Waals surface area contributed by atoms with E-state index >= 15 is 0 Å². The Morgan fingerprint density at radius 1 is 1.07 bits per heavy atom. The molecule has 0 spiro atoms. The first kappa shape index (κ1) is 35.8. The Balaban J connectivity index is 1.16. The number of alkyl carbamates (subject to hydrolysis) is 1. The Hall–Kier alpha value is -5.25. The quantitative estimate of drug-likeness (QED) is 0.239. The molecule has 5 atom stereocenters. The molecule has 4 heterocycles. The maximum absolute atomic E-state index is 14.7. The first-order chi connectivity index (χ1) is 26.0. The van der Waals surface area contributed by atoms with Crippen molar-refractivity contribution in [3.05, 3.63) is 60.4 Å². The number of halogens is 1. The standard InChI is InChI=1S/C38H40FN5O9S/c1-51-37(48)41-28-11-6-4-2-3-5-9-21-19-38(21,36(47)43-54(49,50)24-14-15-24)42-34(45)29-18-23(20-44(29)35(28)46)52-32-26-17-22(39)13-16-27(26)40-31-25-10-7-8-12-30(25)53-33(31)32/h5,7-10,12-13,16-17,21,23-24,28-29H,2-4,6,11,14-15,18-20H2,1H3,(H,41,48)(H,42,45)(H,43,47)/b9-5-/t21-,23-,28+,29+,38-/m1/s1. The van der Waals surface area contributed by atoms with Gasteiger partial charge in [-0.3, -0.25) is 19.1 Å². The summed E-state index contributed by atoms with van der Waals surface area (Å²) in [6, 6.07) is 9.15. The van der Waals surface area contributed by atoms with E-state index in [1.165, 1.54) is 30.2 Å². The number of amides is 4. The predicted octanol–water partition coefficient (Wildman–Crippen LogP) is 4.35. The second kappa shape index (κ2) is 13.9. The SMILES string of the molecule is COC(=O)N[C@H]1CCCCC/C=C\[C@@H]2C[C@@]2(C(=O)NS(=O)(=O)C2CC2)NC(=O)[C@@H]2C[C@@H](Oc3c4cc(F)ccc4nc4c3oc3ccccc34)CN2C1=O. The van der Waals surface area contributed by atoms with Crippen molar-refractivity contribution >= 4 is 66.8 Å². The van der Waals surface area contributed by atoms with E-state index in [1.807, 2.05) is 30.4 Å². The fourth-order valence-corrected chi connectivity index (χ4v) is 9.02. The lowest BCUT2D eigenvalue weighted by molar-refractivity contribution is -0.141. The highest BCUT2D eigenvalue weighted by Crippen LogP contribution is 2.46. The Morgan fingerprint density at radius 2 is 1.89 bits per heavy atom. The summed E-state index contributed by atoms with van der Waals surface area (Å²) in [5.41, 5.74) is 0.181. The Morgan fingerprint density at radius 3 is 2.69 bits per heavy atom. The number of ether oxygens (including phenoxy) is 2. The van der Waals surface area contributed by atoms with Crippen molar-refractivity contribution in [2.45, 2.75) is 86.8 Å². The molecule has 284 valence electrons. The number of para-hydroxylation sites is 1. The van der Waals surface area contributed by atoms with Crippen LogP contribution in [-0.4, -0.2) is 84.7 Å². The normalized spacial score (nSPS) is 27.0. The van der Waals surface area contributed by atoms with Gasteiger partial charge in [0.05, 0.1) is 24.4 Å². The minimum absolute atomic E-state index is 0.0536. The van der Waals surface area contributed by atoms with Crippen molar-refractivity contribution in [3.63, 3.8) is 0 Å². The number of furan rings is 1. The molecule has 54 heavy (non-hydrogen) atoms. The van der Waals surface area contributed by atoms with Crippen LogP contribution in [0.15, 0.2) is 59.0 Å². The van der Waals surface area contributed by atoms with Gasteiger partial charge in [0.1, 0.15) is 40.6 Å². The number of nitrogens with zero attached hydrogens (tertiary/aromatic N) is 2. The van der Waals surface area contributed by atoms with E-state index < -0.39 is 74.5 Å². The fraction of sp³-hybridized carbons (Fsp3) is 0.447. The topological polar surface area (TPSA) is 186 Å². The maximum Gasteiger partial charge on any atom is 0.407 e. The maximum atomic E-state index is 14.7. The molecule has 0 bridgehead atoms. The number of pyridine rings is 1. The summed E-state index contributed by atoms with van der Waals surface area (Å²) in [7, 11) is -2.73. The summed E-state index contributed by atoms with van der Waals surface area (Å²) >= 11 is 0. The van der Waals surface area contributed by atoms with Crippen molar-refractivity contribution in [2.75, 3.05) is 13.7 Å². The van der Waals surface area contributed by atoms with Gasteiger partial charge in [-0.25, -0.2) is 22.6 Å². The summed E-state index contributed by atoms with van der Waals surface area (Å²) in [6.45, 7) is -0.115. The van der Waals surface area contributed by atoms with Gasteiger partial charge in [0.2, 0.25) is 21.8 Å². The third kappa shape index (κ3) is 6.71. The molecule has 4 aliphatic rings. The van der Waals surface area contributed by atoms with Crippen molar-refractivity contribution < 1.29 is 45.9 Å². The molecule has 2 aliphatic carbocycles. The highest BCUT2D eigenvalue weighted by molar-refractivity contribution is 7.91. The number of fused-ring (bicyclic) bond motifs is 6. The van der Waals surface area contributed by atoms with Crippen LogP contribution in [-0.2, 0) is 29.1 Å². The minimum Gasteiger partial charge on any atom is -0.484 e. The lowest BCUT2D eigenvalue weighted by Crippen LogP contribution is -2.58. The molecule has 8 rings (SSSR count). The molecule has 4 amide bonds. The molecule has 0 radical (unpaired) electrons. The van der Waals surface area contributed by atoms with E-state index in [2.05, 4.69) is 15.4 Å². The third-order valence-electron chi connectivity index (χ3n) is 10.8. The number of carbonyl (C=O) groups is 4. The molecular weight excluding hydrogens is 722 g/mol. The Labute approximate surface area is 309 Å².